The highest BCUT2D eigenvalue weighted by Crippen LogP contribution is 2.17. The molecule has 2 rings (SSSR count). The van der Waals surface area contributed by atoms with Gasteiger partial charge in [-0.3, -0.25) is 5.10 Å². The lowest BCUT2D eigenvalue weighted by molar-refractivity contribution is 0.897. The van der Waals surface area contributed by atoms with Gasteiger partial charge in [0.1, 0.15) is 17.3 Å². The van der Waals surface area contributed by atoms with Crippen molar-refractivity contribution >= 4 is 23.1 Å². The van der Waals surface area contributed by atoms with Crippen LogP contribution in [-0.4, -0.2) is 26.7 Å². The van der Waals surface area contributed by atoms with Gasteiger partial charge in [0, 0.05) is 13.0 Å². The number of aromatic amines is 1. The van der Waals surface area contributed by atoms with E-state index in [0.717, 1.165) is 5.82 Å². The number of nitrogens with one attached hydrogen (secondary N) is 2. The standard InChI is InChI=1S/C9H11ClN6/c10-7-2-1-6(11)9(15-7)12-4-3-8-13-5-14-16-8/h1-2,5H,3-4,11H2,(H,12,15)(H,13,14,16). The van der Waals surface area contributed by atoms with Crippen molar-refractivity contribution in [2.75, 3.05) is 17.6 Å². The van der Waals surface area contributed by atoms with Crippen LogP contribution in [0, 0.1) is 0 Å². The second-order valence-corrected chi connectivity index (χ2v) is 3.57. The van der Waals surface area contributed by atoms with Gasteiger partial charge in [0.05, 0.1) is 5.69 Å². The molecule has 7 heteroatoms. The number of pyridine rings is 1. The third kappa shape index (κ3) is 2.60. The van der Waals surface area contributed by atoms with E-state index >= 15 is 0 Å². The Morgan fingerprint density at radius 1 is 1.44 bits per heavy atom. The fraction of sp³-hybridized carbons (Fsp3) is 0.222. The SMILES string of the molecule is Nc1ccc(Cl)nc1NCCc1ncn[nH]1. The molecule has 0 spiro atoms. The molecule has 2 heterocycles. The molecular formula is C9H11ClN6. The van der Waals surface area contributed by atoms with Crippen LogP contribution in [0.2, 0.25) is 5.15 Å². The molecule has 0 aliphatic carbocycles. The van der Waals surface area contributed by atoms with Crippen molar-refractivity contribution in [3.63, 3.8) is 0 Å². The Bertz CT molecular complexity index is 455. The number of hydrogen-bond acceptors (Lipinski definition) is 5. The summed E-state index contributed by atoms with van der Waals surface area (Å²) in [6, 6.07) is 3.37. The summed E-state index contributed by atoms with van der Waals surface area (Å²) >= 11 is 5.76. The molecule has 0 amide bonds. The molecule has 16 heavy (non-hydrogen) atoms. The van der Waals surface area contributed by atoms with Gasteiger partial charge in [0.2, 0.25) is 0 Å². The number of aromatic nitrogens is 4. The minimum Gasteiger partial charge on any atom is -0.396 e. The zero-order valence-electron chi connectivity index (χ0n) is 8.44. The molecule has 0 saturated carbocycles. The topological polar surface area (TPSA) is 92.5 Å². The van der Waals surface area contributed by atoms with Crippen LogP contribution >= 0.6 is 11.6 Å². The van der Waals surface area contributed by atoms with Crippen LogP contribution in [0.5, 0.6) is 0 Å². The zero-order chi connectivity index (χ0) is 11.4. The number of anilines is 2. The fourth-order valence-corrected chi connectivity index (χ4v) is 1.39. The molecule has 0 unspecified atom stereocenters. The molecule has 0 saturated heterocycles. The average molecular weight is 239 g/mol. The van der Waals surface area contributed by atoms with E-state index in [0.29, 0.717) is 29.6 Å². The third-order valence-electron chi connectivity index (χ3n) is 2.01. The quantitative estimate of drug-likeness (QED) is 0.694. The number of nitrogen functional groups attached to an aromatic ring is 1. The van der Waals surface area contributed by atoms with Crippen molar-refractivity contribution in [1.82, 2.24) is 20.2 Å². The maximum absolute atomic E-state index is 5.76. The summed E-state index contributed by atoms with van der Waals surface area (Å²) < 4.78 is 0. The first-order chi connectivity index (χ1) is 7.75. The molecule has 0 aliphatic heterocycles. The van der Waals surface area contributed by atoms with E-state index in [1.807, 2.05) is 0 Å². The monoisotopic (exact) mass is 238 g/mol. The second kappa shape index (κ2) is 4.80. The fourth-order valence-electron chi connectivity index (χ4n) is 1.24. The van der Waals surface area contributed by atoms with E-state index in [9.17, 15) is 0 Å². The van der Waals surface area contributed by atoms with Gasteiger partial charge in [0.15, 0.2) is 5.82 Å². The first-order valence-corrected chi connectivity index (χ1v) is 5.13. The lowest BCUT2D eigenvalue weighted by atomic mass is 10.3. The van der Waals surface area contributed by atoms with E-state index in [4.69, 9.17) is 17.3 Å². The van der Waals surface area contributed by atoms with Crippen LogP contribution in [-0.2, 0) is 6.42 Å². The molecule has 84 valence electrons. The summed E-state index contributed by atoms with van der Waals surface area (Å²) in [6.45, 7) is 0.659. The van der Waals surface area contributed by atoms with Crippen LogP contribution in [0.3, 0.4) is 0 Å². The first-order valence-electron chi connectivity index (χ1n) is 4.76. The molecule has 0 aromatic carbocycles. The Hall–Kier alpha value is -1.82. The smallest absolute Gasteiger partial charge is 0.150 e. The van der Waals surface area contributed by atoms with E-state index in [2.05, 4.69) is 25.5 Å². The summed E-state index contributed by atoms with van der Waals surface area (Å²) in [7, 11) is 0. The molecule has 4 N–H and O–H groups in total. The number of rotatable bonds is 4. The van der Waals surface area contributed by atoms with Gasteiger partial charge in [-0.05, 0) is 12.1 Å². The van der Waals surface area contributed by atoms with Crippen molar-refractivity contribution in [2.45, 2.75) is 6.42 Å². The van der Waals surface area contributed by atoms with E-state index in [1.54, 1.807) is 12.1 Å². The predicted octanol–water partition coefficient (Wildman–Crippen LogP) is 1.09. The van der Waals surface area contributed by atoms with Gasteiger partial charge >= 0.3 is 0 Å². The number of nitrogens with two attached hydrogens (primary N) is 1. The summed E-state index contributed by atoms with van der Waals surface area (Å²) in [5.41, 5.74) is 6.30. The molecule has 0 radical (unpaired) electrons. The summed E-state index contributed by atoms with van der Waals surface area (Å²) in [4.78, 5) is 8.08. The summed E-state index contributed by atoms with van der Waals surface area (Å²) in [6.07, 6.45) is 2.19. The highest BCUT2D eigenvalue weighted by Gasteiger charge is 2.02. The van der Waals surface area contributed by atoms with E-state index < -0.39 is 0 Å². The Balaban J connectivity index is 1.92. The summed E-state index contributed by atoms with van der Waals surface area (Å²) in [5.74, 6) is 1.40. The second-order valence-electron chi connectivity index (χ2n) is 3.18. The van der Waals surface area contributed by atoms with Crippen molar-refractivity contribution in [1.29, 1.82) is 0 Å². The van der Waals surface area contributed by atoms with Crippen molar-refractivity contribution in [3.8, 4) is 0 Å². The Morgan fingerprint density at radius 2 is 2.31 bits per heavy atom. The molecular weight excluding hydrogens is 228 g/mol. The predicted molar refractivity (Wildman–Crippen MR) is 62.2 cm³/mol. The Morgan fingerprint density at radius 3 is 3.06 bits per heavy atom. The molecule has 0 aliphatic rings. The maximum atomic E-state index is 5.76. The van der Waals surface area contributed by atoms with Gasteiger partial charge in [0.25, 0.3) is 0 Å². The van der Waals surface area contributed by atoms with Crippen molar-refractivity contribution in [3.05, 3.63) is 29.4 Å². The van der Waals surface area contributed by atoms with E-state index in [-0.39, 0.29) is 0 Å². The van der Waals surface area contributed by atoms with Crippen LogP contribution in [0.15, 0.2) is 18.5 Å². The van der Waals surface area contributed by atoms with E-state index in [1.165, 1.54) is 6.33 Å². The molecule has 2 aromatic rings. The van der Waals surface area contributed by atoms with Crippen LogP contribution in [0.1, 0.15) is 5.82 Å². The van der Waals surface area contributed by atoms with Gasteiger partial charge in [-0.2, -0.15) is 5.10 Å². The molecule has 0 bridgehead atoms. The van der Waals surface area contributed by atoms with Crippen LogP contribution < -0.4 is 11.1 Å². The minimum atomic E-state index is 0.413. The van der Waals surface area contributed by atoms with Crippen LogP contribution in [0.4, 0.5) is 11.5 Å². The number of H-pyrrole nitrogens is 1. The Labute approximate surface area is 97.2 Å². The highest BCUT2D eigenvalue weighted by atomic mass is 35.5. The van der Waals surface area contributed by atoms with Gasteiger partial charge in [-0.1, -0.05) is 11.6 Å². The number of hydrogen-bond donors (Lipinski definition) is 3. The first kappa shape index (κ1) is 10.7. The third-order valence-corrected chi connectivity index (χ3v) is 2.22. The van der Waals surface area contributed by atoms with Crippen molar-refractivity contribution in [2.24, 2.45) is 0 Å². The lowest BCUT2D eigenvalue weighted by Gasteiger charge is -2.07. The van der Waals surface area contributed by atoms with Gasteiger partial charge in [-0.15, -0.1) is 0 Å². The zero-order valence-corrected chi connectivity index (χ0v) is 9.20. The highest BCUT2D eigenvalue weighted by molar-refractivity contribution is 6.29. The largest absolute Gasteiger partial charge is 0.396 e. The lowest BCUT2D eigenvalue weighted by Crippen LogP contribution is -2.09. The molecule has 6 nitrogen and oxygen atoms in total. The van der Waals surface area contributed by atoms with Crippen LogP contribution in [0.25, 0.3) is 0 Å². The molecule has 0 atom stereocenters. The summed E-state index contributed by atoms with van der Waals surface area (Å²) in [5, 5.41) is 10.0. The minimum absolute atomic E-state index is 0.413. The number of halogens is 1. The number of nitrogens with zero attached hydrogens (tertiary/aromatic N) is 3. The Kier molecular flexibility index (Phi) is 3.21. The normalized spacial score (nSPS) is 10.3. The average Bonchev–Trinajstić information content (AvgIpc) is 2.76. The molecule has 2 aromatic heterocycles. The van der Waals surface area contributed by atoms with Gasteiger partial charge < -0.3 is 11.1 Å². The molecule has 0 fully saturated rings. The van der Waals surface area contributed by atoms with Crippen molar-refractivity contribution < 1.29 is 0 Å². The van der Waals surface area contributed by atoms with Gasteiger partial charge in [-0.25, -0.2) is 9.97 Å². The maximum Gasteiger partial charge on any atom is 0.150 e.